The molecule has 1 nitrogen and oxygen atoms in total. The maximum Gasteiger partial charge on any atom is 0.201 e. The van der Waals surface area contributed by atoms with Crippen molar-refractivity contribution in [3.8, 4) is 16.9 Å². The summed E-state index contributed by atoms with van der Waals surface area (Å²) in [5.74, 6) is -5.16. The van der Waals surface area contributed by atoms with E-state index in [0.717, 1.165) is 18.2 Å². The fraction of sp³-hybridized carbons (Fsp3) is 0.0769. The molecule has 0 saturated carbocycles. The van der Waals surface area contributed by atoms with Gasteiger partial charge in [-0.05, 0) is 18.2 Å². The van der Waals surface area contributed by atoms with Gasteiger partial charge in [0.1, 0.15) is 0 Å². The lowest BCUT2D eigenvalue weighted by Gasteiger charge is -2.08. The molecule has 0 aromatic heterocycles. The molecule has 18 heavy (non-hydrogen) atoms. The molecule has 2 aromatic rings. The van der Waals surface area contributed by atoms with Crippen LogP contribution in [0.3, 0.4) is 0 Å². The molecule has 0 saturated heterocycles. The smallest absolute Gasteiger partial charge is 0.201 e. The molecule has 0 heterocycles. The molecule has 5 heteroatoms. The maximum atomic E-state index is 13.7. The zero-order valence-corrected chi connectivity index (χ0v) is 9.31. The molecule has 0 radical (unpaired) electrons. The number of hydrogen-bond acceptors (Lipinski definition) is 1. The Morgan fingerprint density at radius 2 is 1.44 bits per heavy atom. The molecule has 94 valence electrons. The van der Waals surface area contributed by atoms with E-state index in [1.807, 2.05) is 0 Å². The lowest BCUT2D eigenvalue weighted by atomic mass is 10.0. The van der Waals surface area contributed by atoms with Gasteiger partial charge in [0.25, 0.3) is 0 Å². The Morgan fingerprint density at radius 1 is 0.778 bits per heavy atom. The zero-order valence-electron chi connectivity index (χ0n) is 9.31. The van der Waals surface area contributed by atoms with Crippen LogP contribution in [0.4, 0.5) is 17.6 Å². The molecule has 0 aliphatic carbocycles. The van der Waals surface area contributed by atoms with Gasteiger partial charge in [0.05, 0.1) is 7.11 Å². The van der Waals surface area contributed by atoms with Crippen LogP contribution in [0.25, 0.3) is 11.1 Å². The standard InChI is InChI=1S/C13H8F4O/c1-18-10-6-5-8(12(16)13(10)17)7-3-2-4-9(14)11(7)15/h2-6H,1H3. The molecule has 0 aliphatic rings. The van der Waals surface area contributed by atoms with E-state index in [4.69, 9.17) is 0 Å². The molecule has 0 spiro atoms. The topological polar surface area (TPSA) is 9.23 Å². The maximum absolute atomic E-state index is 13.7. The minimum Gasteiger partial charge on any atom is -0.494 e. The van der Waals surface area contributed by atoms with Gasteiger partial charge in [0, 0.05) is 11.1 Å². The van der Waals surface area contributed by atoms with Crippen LogP contribution >= 0.6 is 0 Å². The summed E-state index contributed by atoms with van der Waals surface area (Å²) in [7, 11) is 1.18. The van der Waals surface area contributed by atoms with Crippen molar-refractivity contribution >= 4 is 0 Å². The van der Waals surface area contributed by atoms with E-state index in [-0.39, 0.29) is 16.9 Å². The monoisotopic (exact) mass is 256 g/mol. The van der Waals surface area contributed by atoms with Gasteiger partial charge in [-0.3, -0.25) is 0 Å². The largest absolute Gasteiger partial charge is 0.494 e. The highest BCUT2D eigenvalue weighted by Gasteiger charge is 2.18. The first-order valence-electron chi connectivity index (χ1n) is 5.02. The van der Waals surface area contributed by atoms with E-state index < -0.39 is 23.3 Å². The number of halogens is 4. The van der Waals surface area contributed by atoms with E-state index in [1.165, 1.54) is 19.2 Å². The highest BCUT2D eigenvalue weighted by atomic mass is 19.2. The Kier molecular flexibility index (Phi) is 3.23. The first-order valence-corrected chi connectivity index (χ1v) is 5.02. The second-order valence-corrected chi connectivity index (χ2v) is 3.54. The third-order valence-corrected chi connectivity index (χ3v) is 2.51. The molecule has 0 aliphatic heterocycles. The first kappa shape index (κ1) is 12.4. The predicted octanol–water partition coefficient (Wildman–Crippen LogP) is 3.92. The summed E-state index contributed by atoms with van der Waals surface area (Å²) in [4.78, 5) is 0. The van der Waals surface area contributed by atoms with Gasteiger partial charge >= 0.3 is 0 Å². The third kappa shape index (κ3) is 1.92. The van der Waals surface area contributed by atoms with Crippen molar-refractivity contribution in [2.75, 3.05) is 7.11 Å². The highest BCUT2D eigenvalue weighted by molar-refractivity contribution is 5.66. The summed E-state index contributed by atoms with van der Waals surface area (Å²) in [6, 6.07) is 5.57. The summed E-state index contributed by atoms with van der Waals surface area (Å²) in [6.45, 7) is 0. The average Bonchev–Trinajstić information content (AvgIpc) is 2.37. The van der Waals surface area contributed by atoms with Crippen molar-refractivity contribution in [1.29, 1.82) is 0 Å². The van der Waals surface area contributed by atoms with Crippen LogP contribution in [-0.4, -0.2) is 7.11 Å². The van der Waals surface area contributed by atoms with Gasteiger partial charge in [0.2, 0.25) is 5.82 Å². The van der Waals surface area contributed by atoms with Gasteiger partial charge in [-0.1, -0.05) is 12.1 Å². The van der Waals surface area contributed by atoms with Crippen LogP contribution in [0.1, 0.15) is 0 Å². The number of hydrogen-bond donors (Lipinski definition) is 0. The fourth-order valence-electron chi connectivity index (χ4n) is 1.61. The number of ether oxygens (including phenoxy) is 1. The van der Waals surface area contributed by atoms with Crippen molar-refractivity contribution in [2.45, 2.75) is 0 Å². The lowest BCUT2D eigenvalue weighted by Crippen LogP contribution is -1.97. The van der Waals surface area contributed by atoms with Crippen molar-refractivity contribution < 1.29 is 22.3 Å². The minimum absolute atomic E-state index is 0.298. The van der Waals surface area contributed by atoms with Crippen molar-refractivity contribution in [3.05, 3.63) is 53.6 Å². The van der Waals surface area contributed by atoms with E-state index >= 15 is 0 Å². The lowest BCUT2D eigenvalue weighted by molar-refractivity contribution is 0.372. The van der Waals surface area contributed by atoms with Crippen LogP contribution < -0.4 is 4.74 Å². The minimum atomic E-state index is -1.28. The van der Waals surface area contributed by atoms with Crippen molar-refractivity contribution in [3.63, 3.8) is 0 Å². The van der Waals surface area contributed by atoms with Crippen LogP contribution in [-0.2, 0) is 0 Å². The average molecular weight is 256 g/mol. The van der Waals surface area contributed by atoms with Crippen LogP contribution in [0.15, 0.2) is 30.3 Å². The molecule has 0 bridgehead atoms. The molecule has 0 N–H and O–H groups in total. The second kappa shape index (κ2) is 4.68. The van der Waals surface area contributed by atoms with Gasteiger partial charge in [0.15, 0.2) is 23.2 Å². The van der Waals surface area contributed by atoms with E-state index in [9.17, 15) is 17.6 Å². The first-order chi connectivity index (χ1) is 8.56. The molecular weight excluding hydrogens is 248 g/mol. The zero-order chi connectivity index (χ0) is 13.3. The molecule has 0 atom stereocenters. The quantitative estimate of drug-likeness (QED) is 0.740. The Morgan fingerprint density at radius 3 is 2.11 bits per heavy atom. The van der Waals surface area contributed by atoms with Gasteiger partial charge < -0.3 is 4.74 Å². The highest BCUT2D eigenvalue weighted by Crippen LogP contribution is 2.31. The third-order valence-electron chi connectivity index (χ3n) is 2.51. The Labute approximate surface area is 101 Å². The Balaban J connectivity index is 2.65. The van der Waals surface area contributed by atoms with Crippen LogP contribution in [0.5, 0.6) is 5.75 Å². The Hall–Kier alpha value is -2.04. The number of benzene rings is 2. The molecule has 2 rings (SSSR count). The number of rotatable bonds is 2. The van der Waals surface area contributed by atoms with Crippen LogP contribution in [0.2, 0.25) is 0 Å². The SMILES string of the molecule is COc1ccc(-c2cccc(F)c2F)c(F)c1F. The van der Waals surface area contributed by atoms with Gasteiger partial charge in [-0.2, -0.15) is 4.39 Å². The normalized spacial score (nSPS) is 10.5. The molecule has 0 unspecified atom stereocenters. The molecule has 0 amide bonds. The van der Waals surface area contributed by atoms with Crippen molar-refractivity contribution in [1.82, 2.24) is 0 Å². The van der Waals surface area contributed by atoms with E-state index in [0.29, 0.717) is 0 Å². The Bertz CT molecular complexity index is 596. The van der Waals surface area contributed by atoms with Crippen LogP contribution in [0, 0.1) is 23.3 Å². The van der Waals surface area contributed by atoms with E-state index in [2.05, 4.69) is 4.74 Å². The summed E-state index contributed by atoms with van der Waals surface area (Å²) < 4.78 is 58.3. The van der Waals surface area contributed by atoms with Gasteiger partial charge in [-0.25, -0.2) is 13.2 Å². The fourth-order valence-corrected chi connectivity index (χ4v) is 1.61. The summed E-state index contributed by atoms with van der Waals surface area (Å²) in [5, 5.41) is 0. The van der Waals surface area contributed by atoms with E-state index in [1.54, 1.807) is 0 Å². The molecule has 0 fully saturated rings. The van der Waals surface area contributed by atoms with Gasteiger partial charge in [-0.15, -0.1) is 0 Å². The summed E-state index contributed by atoms with van der Waals surface area (Å²) >= 11 is 0. The summed E-state index contributed by atoms with van der Waals surface area (Å²) in [5.41, 5.74) is -0.695. The van der Waals surface area contributed by atoms with Crippen molar-refractivity contribution in [2.24, 2.45) is 0 Å². The predicted molar refractivity (Wildman–Crippen MR) is 58.3 cm³/mol. The number of methoxy groups -OCH3 is 1. The summed E-state index contributed by atoms with van der Waals surface area (Å²) in [6.07, 6.45) is 0. The molecule has 2 aromatic carbocycles. The second-order valence-electron chi connectivity index (χ2n) is 3.54. The molecular formula is C13H8F4O.